The van der Waals surface area contributed by atoms with Crippen molar-refractivity contribution in [3.05, 3.63) is 29.3 Å². The van der Waals surface area contributed by atoms with Crippen molar-refractivity contribution in [2.75, 3.05) is 0 Å². The van der Waals surface area contributed by atoms with Crippen molar-refractivity contribution in [1.82, 2.24) is 0 Å². The van der Waals surface area contributed by atoms with Crippen molar-refractivity contribution in [2.45, 2.75) is 50.7 Å². The van der Waals surface area contributed by atoms with Crippen LogP contribution in [0.25, 0.3) is 0 Å². The van der Waals surface area contributed by atoms with Gasteiger partial charge in [0.2, 0.25) is 0 Å². The molecule has 0 saturated carbocycles. The molecular formula is C15H21NO2S. The molecule has 104 valence electrons. The van der Waals surface area contributed by atoms with Crippen LogP contribution in [-0.4, -0.2) is 13.7 Å². The van der Waals surface area contributed by atoms with Crippen LogP contribution in [0.1, 0.15) is 37.8 Å². The highest BCUT2D eigenvalue weighted by Gasteiger charge is 2.33. The van der Waals surface area contributed by atoms with Gasteiger partial charge in [0.05, 0.1) is 11.0 Å². The molecule has 0 fully saturated rings. The van der Waals surface area contributed by atoms with E-state index in [1.165, 1.54) is 0 Å². The molecule has 2 unspecified atom stereocenters. The van der Waals surface area contributed by atoms with E-state index >= 15 is 0 Å². The van der Waals surface area contributed by atoms with E-state index < -0.39 is 15.1 Å². The molecule has 3 nitrogen and oxygen atoms in total. The summed E-state index contributed by atoms with van der Waals surface area (Å²) in [5.74, 6) is -0.153. The Morgan fingerprint density at radius 1 is 1.32 bits per heavy atom. The van der Waals surface area contributed by atoms with Crippen LogP contribution in [0.3, 0.4) is 0 Å². The fourth-order valence-electron chi connectivity index (χ4n) is 2.26. The molecule has 0 bridgehead atoms. The Balaban J connectivity index is 3.29. The summed E-state index contributed by atoms with van der Waals surface area (Å²) in [7, 11) is -3.59. The first-order valence-electron chi connectivity index (χ1n) is 6.55. The number of aryl methyl sites for hydroxylation is 2. The minimum atomic E-state index is -3.59. The molecule has 0 saturated heterocycles. The molecule has 1 aromatic rings. The molecule has 0 N–H and O–H groups in total. The quantitative estimate of drug-likeness (QED) is 0.830. The average molecular weight is 279 g/mol. The number of nitrogens with zero attached hydrogens (tertiary/aromatic N) is 1. The third-order valence-electron chi connectivity index (χ3n) is 3.37. The molecule has 4 heteroatoms. The van der Waals surface area contributed by atoms with Crippen LogP contribution in [0.4, 0.5) is 0 Å². The Labute approximate surface area is 116 Å². The summed E-state index contributed by atoms with van der Waals surface area (Å²) in [4.78, 5) is 0.294. The largest absolute Gasteiger partial charge is 0.222 e. The molecule has 0 spiro atoms. The summed E-state index contributed by atoms with van der Waals surface area (Å²) >= 11 is 0. The van der Waals surface area contributed by atoms with Gasteiger partial charge in [-0.25, -0.2) is 8.42 Å². The molecule has 1 aromatic carbocycles. The Bertz CT molecular complexity index is 585. The fourth-order valence-corrected chi connectivity index (χ4v) is 4.29. The minimum Gasteiger partial charge on any atom is -0.222 e. The molecular weight excluding hydrogens is 258 g/mol. The normalized spacial score (nSPS) is 14.7. The zero-order chi connectivity index (χ0) is 14.6. The van der Waals surface area contributed by atoms with Gasteiger partial charge in [-0.15, -0.1) is 0 Å². The molecule has 0 heterocycles. The molecule has 0 radical (unpaired) electrons. The highest BCUT2D eigenvalue weighted by molar-refractivity contribution is 7.92. The van der Waals surface area contributed by atoms with E-state index in [1.54, 1.807) is 19.1 Å². The van der Waals surface area contributed by atoms with Crippen molar-refractivity contribution in [3.8, 4) is 6.07 Å². The van der Waals surface area contributed by atoms with Gasteiger partial charge in [-0.3, -0.25) is 0 Å². The summed E-state index contributed by atoms with van der Waals surface area (Å²) in [6.45, 7) is 7.45. The first-order chi connectivity index (χ1) is 8.84. The summed E-state index contributed by atoms with van der Waals surface area (Å²) in [5.41, 5.74) is 1.60. The molecule has 0 aliphatic heterocycles. The maximum Gasteiger partial charge on any atom is 0.195 e. The Morgan fingerprint density at radius 3 is 2.47 bits per heavy atom. The zero-order valence-electron chi connectivity index (χ0n) is 12.0. The van der Waals surface area contributed by atoms with Crippen molar-refractivity contribution < 1.29 is 8.42 Å². The van der Waals surface area contributed by atoms with Gasteiger partial charge in [0, 0.05) is 0 Å². The number of nitriles is 1. The van der Waals surface area contributed by atoms with E-state index in [0.717, 1.165) is 18.4 Å². The Morgan fingerprint density at radius 2 is 1.95 bits per heavy atom. The minimum absolute atomic E-state index is 0.153. The van der Waals surface area contributed by atoms with Crippen LogP contribution in [-0.2, 0) is 9.84 Å². The fraction of sp³-hybridized carbons (Fsp3) is 0.533. The van der Waals surface area contributed by atoms with Crippen LogP contribution in [0.15, 0.2) is 23.1 Å². The summed E-state index contributed by atoms with van der Waals surface area (Å²) in [6, 6.07) is 7.32. The van der Waals surface area contributed by atoms with E-state index in [4.69, 9.17) is 0 Å². The monoisotopic (exact) mass is 279 g/mol. The van der Waals surface area contributed by atoms with Crippen molar-refractivity contribution in [3.63, 3.8) is 0 Å². The van der Waals surface area contributed by atoms with E-state index in [1.807, 2.05) is 32.9 Å². The van der Waals surface area contributed by atoms with Gasteiger partial charge in [-0.2, -0.15) is 5.26 Å². The Hall–Kier alpha value is -1.34. The van der Waals surface area contributed by atoms with E-state index in [2.05, 4.69) is 0 Å². The van der Waals surface area contributed by atoms with Crippen molar-refractivity contribution >= 4 is 9.84 Å². The molecule has 2 atom stereocenters. The van der Waals surface area contributed by atoms with E-state index in [-0.39, 0.29) is 5.92 Å². The topological polar surface area (TPSA) is 57.9 Å². The maximum absolute atomic E-state index is 12.6. The van der Waals surface area contributed by atoms with Crippen molar-refractivity contribution in [2.24, 2.45) is 5.92 Å². The third-order valence-corrected chi connectivity index (χ3v) is 5.66. The van der Waals surface area contributed by atoms with Gasteiger partial charge >= 0.3 is 0 Å². The van der Waals surface area contributed by atoms with Crippen LogP contribution in [0.5, 0.6) is 0 Å². The Kier molecular flexibility index (Phi) is 5.13. The average Bonchev–Trinajstić information content (AvgIpc) is 2.33. The lowest BCUT2D eigenvalue weighted by Crippen LogP contribution is -2.27. The SMILES string of the molecule is CCCC(C)C(C#N)S(=O)(=O)c1cc(C)ccc1C. The van der Waals surface area contributed by atoms with Crippen LogP contribution in [0, 0.1) is 31.1 Å². The molecule has 0 amide bonds. The van der Waals surface area contributed by atoms with Crippen LogP contribution < -0.4 is 0 Å². The smallest absolute Gasteiger partial charge is 0.195 e. The molecule has 0 aromatic heterocycles. The highest BCUT2D eigenvalue weighted by atomic mass is 32.2. The number of hydrogen-bond donors (Lipinski definition) is 0. The summed E-state index contributed by atoms with van der Waals surface area (Å²) in [5, 5.41) is 8.29. The highest BCUT2D eigenvalue weighted by Crippen LogP contribution is 2.27. The second-order valence-electron chi connectivity index (χ2n) is 5.13. The van der Waals surface area contributed by atoms with Crippen LogP contribution >= 0.6 is 0 Å². The molecule has 0 aliphatic rings. The number of rotatable bonds is 5. The van der Waals surface area contributed by atoms with E-state index in [0.29, 0.717) is 10.5 Å². The van der Waals surface area contributed by atoms with Gasteiger partial charge in [0.25, 0.3) is 0 Å². The summed E-state index contributed by atoms with van der Waals surface area (Å²) in [6.07, 6.45) is 1.62. The molecule has 19 heavy (non-hydrogen) atoms. The predicted molar refractivity (Wildman–Crippen MR) is 76.6 cm³/mol. The lowest BCUT2D eigenvalue weighted by molar-refractivity contribution is 0.511. The zero-order valence-corrected chi connectivity index (χ0v) is 12.8. The number of benzene rings is 1. The van der Waals surface area contributed by atoms with Gasteiger partial charge in [-0.1, -0.05) is 32.4 Å². The van der Waals surface area contributed by atoms with Gasteiger partial charge in [0.15, 0.2) is 15.1 Å². The van der Waals surface area contributed by atoms with Gasteiger partial charge in [-0.05, 0) is 43.4 Å². The first-order valence-corrected chi connectivity index (χ1v) is 8.10. The molecule has 0 aliphatic carbocycles. The van der Waals surface area contributed by atoms with E-state index in [9.17, 15) is 13.7 Å². The summed E-state index contributed by atoms with van der Waals surface area (Å²) < 4.78 is 25.3. The lowest BCUT2D eigenvalue weighted by Gasteiger charge is -2.19. The van der Waals surface area contributed by atoms with Gasteiger partial charge in [0.1, 0.15) is 0 Å². The number of hydrogen-bond acceptors (Lipinski definition) is 3. The second-order valence-corrected chi connectivity index (χ2v) is 7.17. The standard InChI is InChI=1S/C15H21NO2S/c1-5-6-12(3)15(10-16)19(17,18)14-9-11(2)7-8-13(14)4/h7-9,12,15H,5-6H2,1-4H3. The lowest BCUT2D eigenvalue weighted by atomic mass is 10.0. The van der Waals surface area contributed by atoms with Gasteiger partial charge < -0.3 is 0 Å². The van der Waals surface area contributed by atoms with Crippen molar-refractivity contribution in [1.29, 1.82) is 5.26 Å². The second kappa shape index (κ2) is 6.21. The third kappa shape index (κ3) is 3.36. The first kappa shape index (κ1) is 15.7. The predicted octanol–water partition coefficient (Wildman–Crippen LogP) is 3.41. The number of sulfone groups is 1. The molecule has 1 rings (SSSR count). The van der Waals surface area contributed by atoms with Crippen LogP contribution in [0.2, 0.25) is 0 Å². The maximum atomic E-state index is 12.6.